The molecule has 0 spiro atoms. The van der Waals surface area contributed by atoms with E-state index in [9.17, 15) is 0 Å². The standard InChI is InChI=1S/C13H22N4O/c1-10-15-16-13(11-2-6-14-7-3-11)17(10)12-4-8-18-9-5-12/h11-12,14H,2-9H2,1H3. The van der Waals surface area contributed by atoms with Crippen LogP contribution in [0.4, 0.5) is 0 Å². The van der Waals surface area contributed by atoms with Gasteiger partial charge in [0.05, 0.1) is 0 Å². The summed E-state index contributed by atoms with van der Waals surface area (Å²) < 4.78 is 7.85. The number of hydrogen-bond acceptors (Lipinski definition) is 4. The zero-order chi connectivity index (χ0) is 12.4. The van der Waals surface area contributed by atoms with Crippen LogP contribution in [0.5, 0.6) is 0 Å². The van der Waals surface area contributed by atoms with Crippen molar-refractivity contribution in [3.8, 4) is 0 Å². The van der Waals surface area contributed by atoms with E-state index >= 15 is 0 Å². The Morgan fingerprint density at radius 3 is 2.56 bits per heavy atom. The van der Waals surface area contributed by atoms with Gasteiger partial charge in [0.25, 0.3) is 0 Å². The molecule has 0 radical (unpaired) electrons. The lowest BCUT2D eigenvalue weighted by atomic mass is 9.96. The Kier molecular flexibility index (Phi) is 3.61. The molecule has 100 valence electrons. The Labute approximate surface area is 108 Å². The van der Waals surface area contributed by atoms with Crippen LogP contribution in [0.3, 0.4) is 0 Å². The zero-order valence-electron chi connectivity index (χ0n) is 11.1. The van der Waals surface area contributed by atoms with Crippen molar-refractivity contribution < 1.29 is 4.74 Å². The highest BCUT2D eigenvalue weighted by Gasteiger charge is 2.26. The van der Waals surface area contributed by atoms with Gasteiger partial charge in [-0.15, -0.1) is 10.2 Å². The second kappa shape index (κ2) is 5.36. The zero-order valence-corrected chi connectivity index (χ0v) is 11.1. The molecule has 3 heterocycles. The number of nitrogens with one attached hydrogen (secondary N) is 1. The third-order valence-corrected chi connectivity index (χ3v) is 4.15. The van der Waals surface area contributed by atoms with E-state index in [1.54, 1.807) is 0 Å². The van der Waals surface area contributed by atoms with Crippen molar-refractivity contribution in [3.05, 3.63) is 11.6 Å². The van der Waals surface area contributed by atoms with Crippen molar-refractivity contribution in [2.75, 3.05) is 26.3 Å². The largest absolute Gasteiger partial charge is 0.381 e. The minimum absolute atomic E-state index is 0.540. The number of piperidine rings is 1. The Bertz CT molecular complexity index is 392. The van der Waals surface area contributed by atoms with Crippen LogP contribution in [0.25, 0.3) is 0 Å². The fraction of sp³-hybridized carbons (Fsp3) is 0.846. The lowest BCUT2D eigenvalue weighted by Crippen LogP contribution is -2.30. The molecule has 0 unspecified atom stereocenters. The lowest BCUT2D eigenvalue weighted by Gasteiger charge is -2.29. The van der Waals surface area contributed by atoms with Crippen LogP contribution in [0, 0.1) is 6.92 Å². The minimum atomic E-state index is 0.540. The molecule has 2 fully saturated rings. The minimum Gasteiger partial charge on any atom is -0.381 e. The first-order valence-electron chi connectivity index (χ1n) is 7.06. The molecule has 1 aromatic heterocycles. The van der Waals surface area contributed by atoms with Crippen LogP contribution < -0.4 is 5.32 Å². The monoisotopic (exact) mass is 250 g/mol. The van der Waals surface area contributed by atoms with Gasteiger partial charge in [-0.05, 0) is 45.7 Å². The first-order valence-corrected chi connectivity index (χ1v) is 7.06. The number of aryl methyl sites for hydroxylation is 1. The number of rotatable bonds is 2. The van der Waals surface area contributed by atoms with Crippen molar-refractivity contribution in [1.29, 1.82) is 0 Å². The fourth-order valence-corrected chi connectivity index (χ4v) is 3.14. The summed E-state index contributed by atoms with van der Waals surface area (Å²) in [7, 11) is 0. The number of ether oxygens (including phenoxy) is 1. The van der Waals surface area contributed by atoms with Crippen LogP contribution in [0.15, 0.2) is 0 Å². The third-order valence-electron chi connectivity index (χ3n) is 4.15. The second-order valence-corrected chi connectivity index (χ2v) is 5.34. The summed E-state index contributed by atoms with van der Waals surface area (Å²) in [4.78, 5) is 0. The molecule has 0 amide bonds. The molecule has 2 saturated heterocycles. The van der Waals surface area contributed by atoms with E-state index in [2.05, 4.69) is 27.0 Å². The number of nitrogens with zero attached hydrogens (tertiary/aromatic N) is 3. The maximum absolute atomic E-state index is 5.46. The molecule has 2 aliphatic rings. The predicted molar refractivity (Wildman–Crippen MR) is 68.7 cm³/mol. The molecule has 0 saturated carbocycles. The van der Waals surface area contributed by atoms with Gasteiger partial charge in [-0.3, -0.25) is 0 Å². The summed E-state index contributed by atoms with van der Waals surface area (Å²) in [6, 6.07) is 0.540. The average Bonchev–Trinajstić information content (AvgIpc) is 2.83. The quantitative estimate of drug-likeness (QED) is 0.862. The molecule has 3 rings (SSSR count). The van der Waals surface area contributed by atoms with E-state index in [0.29, 0.717) is 12.0 Å². The molecule has 2 aliphatic heterocycles. The van der Waals surface area contributed by atoms with Gasteiger partial charge in [0.2, 0.25) is 0 Å². The lowest BCUT2D eigenvalue weighted by molar-refractivity contribution is 0.0677. The average molecular weight is 250 g/mol. The first kappa shape index (κ1) is 12.1. The van der Waals surface area contributed by atoms with E-state index in [1.807, 2.05) is 0 Å². The van der Waals surface area contributed by atoms with Crippen molar-refractivity contribution in [2.45, 2.75) is 44.6 Å². The topological polar surface area (TPSA) is 52.0 Å². The summed E-state index contributed by atoms with van der Waals surface area (Å²) in [5, 5.41) is 12.2. The summed E-state index contributed by atoms with van der Waals surface area (Å²) in [6.45, 7) is 6.02. The molecule has 0 aromatic carbocycles. The summed E-state index contributed by atoms with van der Waals surface area (Å²) in [5.74, 6) is 2.85. The van der Waals surface area contributed by atoms with Gasteiger partial charge in [0.15, 0.2) is 0 Å². The normalized spacial score (nSPS) is 23.4. The molecule has 0 bridgehead atoms. The molecular weight excluding hydrogens is 228 g/mol. The third kappa shape index (κ3) is 2.29. The molecule has 1 aromatic rings. The molecular formula is C13H22N4O. The van der Waals surface area contributed by atoms with Crippen molar-refractivity contribution in [2.24, 2.45) is 0 Å². The van der Waals surface area contributed by atoms with Gasteiger partial charge in [-0.25, -0.2) is 0 Å². The Morgan fingerprint density at radius 1 is 1.11 bits per heavy atom. The second-order valence-electron chi connectivity index (χ2n) is 5.34. The number of hydrogen-bond donors (Lipinski definition) is 1. The van der Waals surface area contributed by atoms with Crippen molar-refractivity contribution >= 4 is 0 Å². The van der Waals surface area contributed by atoms with Crippen molar-refractivity contribution in [3.63, 3.8) is 0 Å². The maximum atomic E-state index is 5.46. The van der Waals surface area contributed by atoms with E-state index in [0.717, 1.165) is 45.0 Å². The fourth-order valence-electron chi connectivity index (χ4n) is 3.14. The Balaban J connectivity index is 1.85. The SMILES string of the molecule is Cc1nnc(C2CCNCC2)n1C1CCOCC1. The van der Waals surface area contributed by atoms with Gasteiger partial charge in [0, 0.05) is 25.2 Å². The van der Waals surface area contributed by atoms with Crippen LogP contribution in [0.1, 0.15) is 49.3 Å². The van der Waals surface area contributed by atoms with E-state index < -0.39 is 0 Å². The van der Waals surface area contributed by atoms with Crippen LogP contribution in [-0.2, 0) is 4.74 Å². The molecule has 5 nitrogen and oxygen atoms in total. The van der Waals surface area contributed by atoms with Gasteiger partial charge < -0.3 is 14.6 Å². The first-order chi connectivity index (χ1) is 8.86. The highest BCUT2D eigenvalue weighted by atomic mass is 16.5. The molecule has 0 atom stereocenters. The van der Waals surface area contributed by atoms with E-state index in [-0.39, 0.29) is 0 Å². The highest BCUT2D eigenvalue weighted by Crippen LogP contribution is 2.30. The van der Waals surface area contributed by atoms with Gasteiger partial charge in [-0.2, -0.15) is 0 Å². The van der Waals surface area contributed by atoms with Gasteiger partial charge >= 0.3 is 0 Å². The highest BCUT2D eigenvalue weighted by molar-refractivity contribution is 5.05. The van der Waals surface area contributed by atoms with Crippen molar-refractivity contribution in [1.82, 2.24) is 20.1 Å². The predicted octanol–water partition coefficient (Wildman–Crippen LogP) is 1.41. The Hall–Kier alpha value is -0.940. The number of aromatic nitrogens is 3. The molecule has 0 aliphatic carbocycles. The summed E-state index contributed by atoms with van der Waals surface area (Å²) >= 11 is 0. The maximum Gasteiger partial charge on any atom is 0.136 e. The van der Waals surface area contributed by atoms with Gasteiger partial charge in [0.1, 0.15) is 11.6 Å². The van der Waals surface area contributed by atoms with Crippen LogP contribution in [0.2, 0.25) is 0 Å². The van der Waals surface area contributed by atoms with Crippen LogP contribution >= 0.6 is 0 Å². The van der Waals surface area contributed by atoms with E-state index in [1.165, 1.54) is 18.7 Å². The summed E-state index contributed by atoms with van der Waals surface area (Å²) in [5.41, 5.74) is 0. The van der Waals surface area contributed by atoms with E-state index in [4.69, 9.17) is 4.74 Å². The van der Waals surface area contributed by atoms with Gasteiger partial charge in [-0.1, -0.05) is 0 Å². The molecule has 1 N–H and O–H groups in total. The Morgan fingerprint density at radius 2 is 1.83 bits per heavy atom. The van der Waals surface area contributed by atoms with Crippen LogP contribution in [-0.4, -0.2) is 41.1 Å². The molecule has 18 heavy (non-hydrogen) atoms. The summed E-state index contributed by atoms with van der Waals surface area (Å²) in [6.07, 6.45) is 4.55. The molecule has 5 heteroatoms. The smallest absolute Gasteiger partial charge is 0.136 e.